The second-order valence-corrected chi connectivity index (χ2v) is 5.64. The molecular formula is C13H19Cl2N5O2S. The molecule has 0 aliphatic carbocycles. The molecule has 128 valence electrons. The fourth-order valence-corrected chi connectivity index (χ4v) is 3.02. The standard InChI is InChI=1S/C13H17N5O2S.2ClH/c1-9-15-13(21-16-9)18-4-2-17(3-5-18)12(19)10-6-11(7-14)20-8-10;;/h6,8H,2-5,7,14H2,1H3;2*1H. The molecule has 0 atom stereocenters. The van der Waals surface area contributed by atoms with E-state index in [-0.39, 0.29) is 30.7 Å². The number of rotatable bonds is 3. The highest BCUT2D eigenvalue weighted by atomic mass is 35.5. The van der Waals surface area contributed by atoms with Gasteiger partial charge in [0.25, 0.3) is 5.91 Å². The van der Waals surface area contributed by atoms with Crippen LogP contribution in [0, 0.1) is 6.92 Å². The van der Waals surface area contributed by atoms with Crippen LogP contribution in [-0.2, 0) is 6.54 Å². The molecule has 2 N–H and O–H groups in total. The zero-order chi connectivity index (χ0) is 14.8. The topological polar surface area (TPSA) is 88.5 Å². The molecule has 0 radical (unpaired) electrons. The lowest BCUT2D eigenvalue weighted by Crippen LogP contribution is -2.48. The van der Waals surface area contributed by atoms with Crippen LogP contribution in [0.15, 0.2) is 16.7 Å². The molecule has 1 saturated heterocycles. The average molecular weight is 380 g/mol. The number of carbonyl (C=O) groups excluding carboxylic acids is 1. The maximum absolute atomic E-state index is 12.4. The number of piperazine rings is 1. The van der Waals surface area contributed by atoms with Crippen LogP contribution in [0.5, 0.6) is 0 Å². The van der Waals surface area contributed by atoms with Crippen molar-refractivity contribution in [1.29, 1.82) is 0 Å². The minimum absolute atomic E-state index is 0. The van der Waals surface area contributed by atoms with Gasteiger partial charge in [-0.15, -0.1) is 24.8 Å². The summed E-state index contributed by atoms with van der Waals surface area (Å²) in [5.41, 5.74) is 6.05. The summed E-state index contributed by atoms with van der Waals surface area (Å²) < 4.78 is 9.41. The number of hydrogen-bond acceptors (Lipinski definition) is 7. The van der Waals surface area contributed by atoms with Crippen molar-refractivity contribution in [3.63, 3.8) is 0 Å². The van der Waals surface area contributed by atoms with Crippen molar-refractivity contribution in [2.45, 2.75) is 13.5 Å². The van der Waals surface area contributed by atoms with Crippen molar-refractivity contribution in [2.24, 2.45) is 5.73 Å². The summed E-state index contributed by atoms with van der Waals surface area (Å²) in [6, 6.07) is 1.71. The Hall–Kier alpha value is -1.35. The molecule has 10 heteroatoms. The Morgan fingerprint density at radius 2 is 2.04 bits per heavy atom. The van der Waals surface area contributed by atoms with Gasteiger partial charge in [-0.05, 0) is 13.0 Å². The van der Waals surface area contributed by atoms with E-state index in [0.717, 1.165) is 24.0 Å². The maximum Gasteiger partial charge on any atom is 0.257 e. The monoisotopic (exact) mass is 379 g/mol. The summed E-state index contributed by atoms with van der Waals surface area (Å²) in [5, 5.41) is 0.924. The van der Waals surface area contributed by atoms with E-state index in [1.54, 1.807) is 6.07 Å². The summed E-state index contributed by atoms with van der Waals surface area (Å²) in [6.45, 7) is 5.05. The Labute approximate surface area is 150 Å². The molecular weight excluding hydrogens is 361 g/mol. The number of anilines is 1. The summed E-state index contributed by atoms with van der Waals surface area (Å²) in [6.07, 6.45) is 1.48. The minimum Gasteiger partial charge on any atom is -0.467 e. The Balaban J connectivity index is 0.00000132. The highest BCUT2D eigenvalue weighted by Crippen LogP contribution is 2.19. The fourth-order valence-electron chi connectivity index (χ4n) is 2.30. The minimum atomic E-state index is -0.00783. The zero-order valence-corrected chi connectivity index (χ0v) is 15.0. The molecule has 2 aromatic heterocycles. The third kappa shape index (κ3) is 4.35. The molecule has 1 aliphatic rings. The van der Waals surface area contributed by atoms with Gasteiger partial charge in [0.15, 0.2) is 0 Å². The highest BCUT2D eigenvalue weighted by Gasteiger charge is 2.24. The third-order valence-corrected chi connectivity index (χ3v) is 4.32. The van der Waals surface area contributed by atoms with Crippen molar-refractivity contribution < 1.29 is 9.21 Å². The van der Waals surface area contributed by atoms with Crippen LogP contribution in [0.1, 0.15) is 21.9 Å². The van der Waals surface area contributed by atoms with Crippen LogP contribution in [0.3, 0.4) is 0 Å². The second kappa shape index (κ2) is 8.49. The van der Waals surface area contributed by atoms with Crippen LogP contribution in [-0.4, -0.2) is 46.3 Å². The Morgan fingerprint density at radius 3 is 2.57 bits per heavy atom. The van der Waals surface area contributed by atoms with Crippen molar-refractivity contribution >= 4 is 47.4 Å². The second-order valence-electron chi connectivity index (χ2n) is 4.91. The van der Waals surface area contributed by atoms with E-state index in [2.05, 4.69) is 14.3 Å². The van der Waals surface area contributed by atoms with Crippen LogP contribution in [0.4, 0.5) is 5.13 Å². The Kier molecular flexibility index (Phi) is 7.27. The summed E-state index contributed by atoms with van der Waals surface area (Å²) in [7, 11) is 0. The first-order valence-electron chi connectivity index (χ1n) is 6.79. The normalized spacial score (nSPS) is 14.2. The van der Waals surface area contributed by atoms with Gasteiger partial charge in [-0.2, -0.15) is 4.37 Å². The lowest BCUT2D eigenvalue weighted by molar-refractivity contribution is 0.0746. The van der Waals surface area contributed by atoms with Crippen LogP contribution >= 0.6 is 36.3 Å². The lowest BCUT2D eigenvalue weighted by atomic mass is 10.2. The largest absolute Gasteiger partial charge is 0.467 e. The summed E-state index contributed by atoms with van der Waals surface area (Å²) in [4.78, 5) is 20.7. The Morgan fingerprint density at radius 1 is 1.35 bits per heavy atom. The number of aryl methyl sites for hydroxylation is 1. The number of nitrogens with two attached hydrogens (primary N) is 1. The van der Waals surface area contributed by atoms with Gasteiger partial charge in [0, 0.05) is 37.7 Å². The predicted octanol–water partition coefficient (Wildman–Crippen LogP) is 1.70. The first kappa shape index (κ1) is 19.7. The van der Waals surface area contributed by atoms with E-state index in [1.807, 2.05) is 11.8 Å². The molecule has 0 bridgehead atoms. The van der Waals surface area contributed by atoms with E-state index < -0.39 is 0 Å². The predicted molar refractivity (Wildman–Crippen MR) is 93.9 cm³/mol. The molecule has 3 heterocycles. The number of amides is 1. The molecule has 0 saturated carbocycles. The Bertz CT molecular complexity index is 640. The number of furan rings is 1. The van der Waals surface area contributed by atoms with Crippen LogP contribution in [0.25, 0.3) is 0 Å². The zero-order valence-electron chi connectivity index (χ0n) is 12.6. The smallest absolute Gasteiger partial charge is 0.257 e. The summed E-state index contributed by atoms with van der Waals surface area (Å²) >= 11 is 1.40. The van der Waals surface area contributed by atoms with Gasteiger partial charge < -0.3 is 20.0 Å². The number of nitrogens with zero attached hydrogens (tertiary/aromatic N) is 4. The quantitative estimate of drug-likeness (QED) is 0.872. The first-order chi connectivity index (χ1) is 10.2. The summed E-state index contributed by atoms with van der Waals surface area (Å²) in [5.74, 6) is 1.41. The fraction of sp³-hybridized carbons (Fsp3) is 0.462. The average Bonchev–Trinajstić information content (AvgIpc) is 3.15. The van der Waals surface area contributed by atoms with Crippen molar-refractivity contribution in [2.75, 3.05) is 31.1 Å². The number of hydrogen-bond donors (Lipinski definition) is 1. The van der Waals surface area contributed by atoms with E-state index in [4.69, 9.17) is 10.2 Å². The highest BCUT2D eigenvalue weighted by molar-refractivity contribution is 7.09. The van der Waals surface area contributed by atoms with Gasteiger partial charge in [-0.1, -0.05) is 0 Å². The van der Waals surface area contributed by atoms with Crippen molar-refractivity contribution in [1.82, 2.24) is 14.3 Å². The maximum atomic E-state index is 12.4. The molecule has 1 amide bonds. The van der Waals surface area contributed by atoms with Crippen molar-refractivity contribution in [3.8, 4) is 0 Å². The number of aromatic nitrogens is 2. The van der Waals surface area contributed by atoms with E-state index >= 15 is 0 Å². The van der Waals surface area contributed by atoms with Crippen LogP contribution < -0.4 is 10.6 Å². The molecule has 2 aromatic rings. The van der Waals surface area contributed by atoms with E-state index in [9.17, 15) is 4.79 Å². The number of halogens is 2. The molecule has 1 fully saturated rings. The molecule has 1 aliphatic heterocycles. The van der Waals surface area contributed by atoms with E-state index in [1.165, 1.54) is 17.8 Å². The van der Waals surface area contributed by atoms with Gasteiger partial charge >= 0.3 is 0 Å². The van der Waals surface area contributed by atoms with Gasteiger partial charge in [-0.3, -0.25) is 4.79 Å². The van der Waals surface area contributed by atoms with Gasteiger partial charge in [0.1, 0.15) is 17.8 Å². The van der Waals surface area contributed by atoms with Crippen molar-refractivity contribution in [3.05, 3.63) is 29.5 Å². The van der Waals surface area contributed by atoms with Crippen LogP contribution in [0.2, 0.25) is 0 Å². The molecule has 3 rings (SSSR count). The molecule has 7 nitrogen and oxygen atoms in total. The van der Waals surface area contributed by atoms with Gasteiger partial charge in [0.05, 0.1) is 12.1 Å². The molecule has 23 heavy (non-hydrogen) atoms. The molecule has 0 spiro atoms. The molecule has 0 aromatic carbocycles. The van der Waals surface area contributed by atoms with Gasteiger partial charge in [-0.25, -0.2) is 4.98 Å². The third-order valence-electron chi connectivity index (χ3n) is 3.46. The lowest BCUT2D eigenvalue weighted by Gasteiger charge is -2.34. The SMILES string of the molecule is Cc1nsc(N2CCN(C(=O)c3coc(CN)c3)CC2)n1.Cl.Cl. The molecule has 0 unspecified atom stereocenters. The number of carbonyl (C=O) groups is 1. The van der Waals surface area contributed by atoms with Gasteiger partial charge in [0.2, 0.25) is 5.13 Å². The van der Waals surface area contributed by atoms with E-state index in [0.29, 0.717) is 31.0 Å². The first-order valence-corrected chi connectivity index (χ1v) is 7.56.